The van der Waals surface area contributed by atoms with Crippen LogP contribution in [0, 0.1) is 5.92 Å². The summed E-state index contributed by atoms with van der Waals surface area (Å²) in [5, 5.41) is 25.3. The van der Waals surface area contributed by atoms with Gasteiger partial charge < -0.3 is 46.6 Å². The standard InChI is InChI=1S/C40H51N7O8/c41-15-19-54-20-16-42-39(52)33-21-27-7-1-3-9-29(27)24-43-35(48)13-14-37(50)47-17-5-11-31(26-47)38(51)46-34(23-32-12-6-18-55-32)40(53)44-25-30-10-4-2-8-28(30)22-36(49)45-33/h1-4,6-10,12-14,18,31,33-34,37,50H,5,11,15-17,19-26,41H2,(H,42,52)(H,43,48)(H,44,53)(H,45,49)(H,46,51)/b14-13+/t31-,33+,34+,37?/m1/s1. The summed E-state index contributed by atoms with van der Waals surface area (Å²) in [6, 6.07) is 16.0. The number of carbonyl (C=O) groups is 5. The van der Waals surface area contributed by atoms with Crippen LogP contribution in [0.4, 0.5) is 0 Å². The van der Waals surface area contributed by atoms with Gasteiger partial charge in [-0.3, -0.25) is 28.9 Å². The summed E-state index contributed by atoms with van der Waals surface area (Å²) < 4.78 is 10.9. The lowest BCUT2D eigenvalue weighted by atomic mass is 9.96. The molecule has 3 heterocycles. The Bertz CT molecular complexity index is 1780. The molecule has 1 fully saturated rings. The number of amides is 5. The van der Waals surface area contributed by atoms with E-state index in [1.807, 2.05) is 24.3 Å². The van der Waals surface area contributed by atoms with Crippen molar-refractivity contribution in [1.82, 2.24) is 31.5 Å². The fourth-order valence-corrected chi connectivity index (χ4v) is 6.67. The molecule has 2 unspecified atom stereocenters. The number of hydrogen-bond acceptors (Lipinski definition) is 10. The van der Waals surface area contributed by atoms with E-state index in [2.05, 4.69) is 26.6 Å². The molecule has 1 aromatic heterocycles. The number of fused-ring (bicyclic) bond motifs is 4. The van der Waals surface area contributed by atoms with Gasteiger partial charge in [-0.15, -0.1) is 0 Å². The number of nitrogens with zero attached hydrogens (tertiary/aromatic N) is 1. The smallest absolute Gasteiger partial charge is 0.244 e. The first kappa shape index (κ1) is 40.8. The van der Waals surface area contributed by atoms with Crippen LogP contribution >= 0.6 is 0 Å². The van der Waals surface area contributed by atoms with E-state index in [1.54, 1.807) is 41.3 Å². The average molecular weight is 758 g/mol. The summed E-state index contributed by atoms with van der Waals surface area (Å²) in [5.74, 6) is -2.03. The first-order chi connectivity index (χ1) is 26.7. The fourth-order valence-electron chi connectivity index (χ4n) is 6.67. The summed E-state index contributed by atoms with van der Waals surface area (Å²) in [6.45, 7) is 2.12. The number of hydrogen-bond donors (Lipinski definition) is 7. The SMILES string of the molecule is NCCOCCNC(=O)[C@@H]1Cc2ccccc2CNC(=O)/C=C/C(O)N2CCC[C@H](C2)C(=O)N[C@@H](Cc2ccco2)C(=O)NCc2ccccc2CC(=O)N1. The molecular weight excluding hydrogens is 706 g/mol. The van der Waals surface area contributed by atoms with Gasteiger partial charge in [0.25, 0.3) is 0 Å². The largest absolute Gasteiger partial charge is 0.469 e. The lowest BCUT2D eigenvalue weighted by Gasteiger charge is -2.34. The van der Waals surface area contributed by atoms with E-state index in [0.717, 1.165) is 11.1 Å². The molecule has 15 heteroatoms. The molecule has 2 aliphatic rings. The van der Waals surface area contributed by atoms with E-state index in [4.69, 9.17) is 14.9 Å². The predicted octanol–water partition coefficient (Wildman–Crippen LogP) is 0.201. The second-order valence-electron chi connectivity index (χ2n) is 13.6. The maximum Gasteiger partial charge on any atom is 0.244 e. The highest BCUT2D eigenvalue weighted by Gasteiger charge is 2.32. The zero-order valence-corrected chi connectivity index (χ0v) is 30.8. The highest BCUT2D eigenvalue weighted by Crippen LogP contribution is 2.20. The van der Waals surface area contributed by atoms with Crippen molar-refractivity contribution < 1.29 is 38.2 Å². The lowest BCUT2D eigenvalue weighted by molar-refractivity contribution is -0.133. The third-order valence-corrected chi connectivity index (χ3v) is 9.61. The number of benzene rings is 2. The Morgan fingerprint density at radius 1 is 0.909 bits per heavy atom. The zero-order valence-electron chi connectivity index (χ0n) is 30.8. The molecule has 294 valence electrons. The number of piperidine rings is 1. The number of aliphatic hydroxyl groups excluding tert-OH is 1. The predicted molar refractivity (Wildman–Crippen MR) is 203 cm³/mol. The topological polar surface area (TPSA) is 217 Å². The summed E-state index contributed by atoms with van der Waals surface area (Å²) in [4.78, 5) is 69.0. The first-order valence-electron chi connectivity index (χ1n) is 18.7. The molecule has 8 N–H and O–H groups in total. The highest BCUT2D eigenvalue weighted by atomic mass is 16.5. The average Bonchev–Trinajstić information content (AvgIpc) is 3.71. The van der Waals surface area contributed by atoms with Crippen molar-refractivity contribution in [3.8, 4) is 0 Å². The Balaban J connectivity index is 1.41. The van der Waals surface area contributed by atoms with Crippen molar-refractivity contribution in [3.05, 3.63) is 107 Å². The van der Waals surface area contributed by atoms with Gasteiger partial charge in [0, 0.05) is 58.2 Å². The van der Waals surface area contributed by atoms with E-state index >= 15 is 0 Å². The quantitative estimate of drug-likeness (QED) is 0.155. The van der Waals surface area contributed by atoms with Gasteiger partial charge in [-0.05, 0) is 53.3 Å². The van der Waals surface area contributed by atoms with Crippen molar-refractivity contribution in [2.24, 2.45) is 11.7 Å². The molecule has 55 heavy (non-hydrogen) atoms. The van der Waals surface area contributed by atoms with Gasteiger partial charge in [-0.25, -0.2) is 0 Å². The van der Waals surface area contributed by atoms with Crippen LogP contribution in [0.1, 0.15) is 40.9 Å². The summed E-state index contributed by atoms with van der Waals surface area (Å²) >= 11 is 0. The summed E-state index contributed by atoms with van der Waals surface area (Å²) in [6.07, 6.45) is 4.37. The molecule has 3 aromatic rings. The van der Waals surface area contributed by atoms with Crippen LogP contribution in [-0.2, 0) is 61.1 Å². The molecule has 0 spiro atoms. The highest BCUT2D eigenvalue weighted by molar-refractivity contribution is 5.90. The van der Waals surface area contributed by atoms with E-state index in [9.17, 15) is 29.1 Å². The number of rotatable bonds is 8. The van der Waals surface area contributed by atoms with Crippen molar-refractivity contribution in [3.63, 3.8) is 0 Å². The van der Waals surface area contributed by atoms with E-state index in [-0.39, 0.29) is 58.0 Å². The van der Waals surface area contributed by atoms with Gasteiger partial charge in [0.2, 0.25) is 29.5 Å². The summed E-state index contributed by atoms with van der Waals surface area (Å²) in [5.41, 5.74) is 8.31. The first-order valence-corrected chi connectivity index (χ1v) is 18.7. The fraction of sp³-hybridized carbons (Fsp3) is 0.425. The number of furan rings is 1. The molecule has 5 amide bonds. The van der Waals surface area contributed by atoms with E-state index < -0.39 is 47.9 Å². The molecule has 5 atom stereocenters. The van der Waals surface area contributed by atoms with Gasteiger partial charge >= 0.3 is 0 Å². The Morgan fingerprint density at radius 2 is 1.64 bits per heavy atom. The van der Waals surface area contributed by atoms with Crippen LogP contribution in [0.3, 0.4) is 0 Å². The second-order valence-corrected chi connectivity index (χ2v) is 13.6. The van der Waals surface area contributed by atoms with Crippen molar-refractivity contribution in [2.75, 3.05) is 39.4 Å². The molecule has 2 aromatic carbocycles. The number of nitrogens with two attached hydrogens (primary N) is 1. The minimum Gasteiger partial charge on any atom is -0.469 e. The van der Waals surface area contributed by atoms with Crippen LogP contribution < -0.4 is 32.3 Å². The van der Waals surface area contributed by atoms with Crippen LogP contribution in [-0.4, -0.2) is 97.2 Å². The number of carbonyl (C=O) groups excluding carboxylic acids is 5. The maximum atomic E-state index is 13.7. The second kappa shape index (κ2) is 20.9. The molecule has 0 aliphatic carbocycles. The molecule has 1 saturated heterocycles. The zero-order chi connectivity index (χ0) is 39.0. The number of nitrogens with one attached hydrogen (secondary N) is 5. The molecular formula is C40H51N7O8. The molecule has 15 nitrogen and oxygen atoms in total. The van der Waals surface area contributed by atoms with Crippen molar-refractivity contribution in [2.45, 2.75) is 63.5 Å². The van der Waals surface area contributed by atoms with Gasteiger partial charge in [-0.1, -0.05) is 48.5 Å². The monoisotopic (exact) mass is 757 g/mol. The third-order valence-electron chi connectivity index (χ3n) is 9.61. The van der Waals surface area contributed by atoms with E-state index in [1.165, 1.54) is 18.4 Å². The molecule has 5 rings (SSSR count). The van der Waals surface area contributed by atoms with Gasteiger partial charge in [0.15, 0.2) is 0 Å². The number of ether oxygens (including phenoxy) is 1. The minimum absolute atomic E-state index is 0.0733. The van der Waals surface area contributed by atoms with Crippen LogP contribution in [0.25, 0.3) is 0 Å². The Morgan fingerprint density at radius 3 is 2.38 bits per heavy atom. The molecule has 2 aliphatic heterocycles. The van der Waals surface area contributed by atoms with Crippen LogP contribution in [0.5, 0.6) is 0 Å². The maximum absolute atomic E-state index is 13.7. The van der Waals surface area contributed by atoms with Crippen LogP contribution in [0.2, 0.25) is 0 Å². The van der Waals surface area contributed by atoms with E-state index in [0.29, 0.717) is 49.4 Å². The third kappa shape index (κ3) is 12.6. The van der Waals surface area contributed by atoms with Gasteiger partial charge in [0.05, 0.1) is 31.8 Å². The Hall–Kier alpha value is -5.35. The van der Waals surface area contributed by atoms with Crippen molar-refractivity contribution >= 4 is 29.5 Å². The minimum atomic E-state index is -1.12. The Labute approximate surface area is 320 Å². The van der Waals surface area contributed by atoms with Crippen LogP contribution in [0.15, 0.2) is 83.5 Å². The van der Waals surface area contributed by atoms with Gasteiger partial charge in [-0.2, -0.15) is 0 Å². The molecule has 0 saturated carbocycles. The molecule has 0 radical (unpaired) electrons. The van der Waals surface area contributed by atoms with Gasteiger partial charge in [0.1, 0.15) is 24.1 Å². The Kier molecular flexibility index (Phi) is 15.5. The summed E-state index contributed by atoms with van der Waals surface area (Å²) in [7, 11) is 0. The normalized spacial score (nSPS) is 23.7. The molecule has 2 bridgehead atoms. The van der Waals surface area contributed by atoms with Crippen molar-refractivity contribution in [1.29, 1.82) is 0 Å². The number of aliphatic hydroxyl groups is 1. The lowest BCUT2D eigenvalue weighted by Crippen LogP contribution is -2.52.